The number of hydrogen-bond donors (Lipinski definition) is 3. The van der Waals surface area contributed by atoms with Crippen LogP contribution in [-0.2, 0) is 28.0 Å². The molecule has 184 valence electrons. The first-order valence-electron chi connectivity index (χ1n) is 12.4. The van der Waals surface area contributed by atoms with E-state index in [9.17, 15) is 15.0 Å². The topological polar surface area (TPSA) is 82.0 Å². The first kappa shape index (κ1) is 24.6. The molecule has 6 nitrogen and oxygen atoms in total. The summed E-state index contributed by atoms with van der Waals surface area (Å²) in [6.07, 6.45) is 1.02. The number of hydrogen-bond acceptors (Lipinski definition) is 5. The second kappa shape index (κ2) is 9.96. The summed E-state index contributed by atoms with van der Waals surface area (Å²) >= 11 is 0. The number of aromatic hydroxyl groups is 2. The number of carbonyl (C=O) groups excluding carboxylic acids is 1. The molecule has 4 atom stereocenters. The van der Waals surface area contributed by atoms with Crippen LogP contribution in [0, 0.1) is 11.8 Å². The number of amides is 1. The maximum absolute atomic E-state index is 13.1. The lowest BCUT2D eigenvalue weighted by atomic mass is 9.68. The second-order valence-electron chi connectivity index (χ2n) is 10.7. The Morgan fingerprint density at radius 2 is 1.94 bits per heavy atom. The zero-order chi connectivity index (χ0) is 24.5. The summed E-state index contributed by atoms with van der Waals surface area (Å²) in [5.41, 5.74) is 3.21. The van der Waals surface area contributed by atoms with E-state index in [1.165, 1.54) is 5.56 Å². The van der Waals surface area contributed by atoms with Crippen molar-refractivity contribution in [2.24, 2.45) is 11.8 Å². The van der Waals surface area contributed by atoms with Crippen molar-refractivity contribution in [2.45, 2.75) is 64.7 Å². The van der Waals surface area contributed by atoms with E-state index in [-0.39, 0.29) is 23.1 Å². The van der Waals surface area contributed by atoms with E-state index >= 15 is 0 Å². The van der Waals surface area contributed by atoms with Crippen molar-refractivity contribution in [1.82, 2.24) is 10.2 Å². The van der Waals surface area contributed by atoms with E-state index in [1.54, 1.807) is 18.2 Å². The number of fused-ring (bicyclic) bond motifs is 1. The predicted molar refractivity (Wildman–Crippen MR) is 133 cm³/mol. The van der Waals surface area contributed by atoms with Crippen LogP contribution in [-0.4, -0.2) is 52.8 Å². The molecule has 0 spiro atoms. The summed E-state index contributed by atoms with van der Waals surface area (Å²) in [4.78, 5) is 15.5. The van der Waals surface area contributed by atoms with Gasteiger partial charge in [-0.3, -0.25) is 4.79 Å². The maximum atomic E-state index is 13.1. The van der Waals surface area contributed by atoms with Crippen LogP contribution in [0.2, 0.25) is 0 Å². The van der Waals surface area contributed by atoms with Crippen LogP contribution < -0.4 is 5.32 Å². The Labute approximate surface area is 202 Å². The SMILES string of the molecule is CC(C)[C@@H](CN1CC[C@@](C)(c2cccc(O)c2)[C@@H](C)C1)NC(=O)[C@@H]1Cc2ccc(O)cc2CO1. The quantitative estimate of drug-likeness (QED) is 0.600. The molecule has 3 N–H and O–H groups in total. The average molecular weight is 467 g/mol. The highest BCUT2D eigenvalue weighted by atomic mass is 16.5. The van der Waals surface area contributed by atoms with Crippen molar-refractivity contribution in [3.63, 3.8) is 0 Å². The summed E-state index contributed by atoms with van der Waals surface area (Å²) < 4.78 is 5.84. The fourth-order valence-electron chi connectivity index (χ4n) is 5.31. The minimum Gasteiger partial charge on any atom is -0.508 e. The molecule has 0 aliphatic carbocycles. The molecule has 2 heterocycles. The highest BCUT2D eigenvalue weighted by Gasteiger charge is 2.39. The van der Waals surface area contributed by atoms with Gasteiger partial charge in [0.1, 0.15) is 17.6 Å². The monoisotopic (exact) mass is 466 g/mol. The highest BCUT2D eigenvalue weighted by molar-refractivity contribution is 5.81. The molecular weight excluding hydrogens is 428 g/mol. The molecular formula is C28H38N2O4. The summed E-state index contributed by atoms with van der Waals surface area (Å²) in [5.74, 6) is 1.20. The van der Waals surface area contributed by atoms with Gasteiger partial charge in [-0.15, -0.1) is 0 Å². The molecule has 0 saturated carbocycles. The van der Waals surface area contributed by atoms with Gasteiger partial charge in [0.2, 0.25) is 5.91 Å². The van der Waals surface area contributed by atoms with E-state index < -0.39 is 6.10 Å². The molecule has 34 heavy (non-hydrogen) atoms. The van der Waals surface area contributed by atoms with Gasteiger partial charge in [0.25, 0.3) is 0 Å². The lowest BCUT2D eigenvalue weighted by molar-refractivity contribution is -0.135. The van der Waals surface area contributed by atoms with Crippen molar-refractivity contribution < 1.29 is 19.7 Å². The van der Waals surface area contributed by atoms with Gasteiger partial charge in [0, 0.05) is 25.6 Å². The van der Waals surface area contributed by atoms with E-state index in [1.807, 2.05) is 18.2 Å². The van der Waals surface area contributed by atoms with Gasteiger partial charge in [0.05, 0.1) is 6.61 Å². The minimum absolute atomic E-state index is 0.0174. The molecule has 1 saturated heterocycles. The largest absolute Gasteiger partial charge is 0.508 e. The fraction of sp³-hybridized carbons (Fsp3) is 0.536. The normalized spacial score (nSPS) is 26.1. The smallest absolute Gasteiger partial charge is 0.249 e. The maximum Gasteiger partial charge on any atom is 0.249 e. The number of nitrogens with one attached hydrogen (secondary N) is 1. The van der Waals surface area contributed by atoms with Gasteiger partial charge in [0.15, 0.2) is 0 Å². The Bertz CT molecular complexity index is 1020. The van der Waals surface area contributed by atoms with Gasteiger partial charge >= 0.3 is 0 Å². The average Bonchev–Trinajstić information content (AvgIpc) is 2.80. The molecule has 0 unspecified atom stereocenters. The molecule has 0 aromatic heterocycles. The second-order valence-corrected chi connectivity index (χ2v) is 10.7. The minimum atomic E-state index is -0.507. The molecule has 2 aromatic rings. The van der Waals surface area contributed by atoms with E-state index in [2.05, 4.69) is 44.0 Å². The standard InChI is InChI=1S/C28H38N2O4/c1-18(2)25(29-27(33)26-13-20-8-9-24(32)12-21(20)17-34-26)16-30-11-10-28(4,19(3)15-30)22-6-5-7-23(31)14-22/h5-9,12,14,18-19,25-26,31-32H,10-11,13,15-17H2,1-4H3,(H,29,33)/t19-,25+,26-,28+/m0/s1. The summed E-state index contributed by atoms with van der Waals surface area (Å²) in [6.45, 7) is 11.9. The number of rotatable bonds is 6. The lowest BCUT2D eigenvalue weighted by Gasteiger charge is -2.46. The molecule has 1 amide bonds. The van der Waals surface area contributed by atoms with E-state index in [4.69, 9.17) is 4.74 Å². The fourth-order valence-corrected chi connectivity index (χ4v) is 5.31. The Morgan fingerprint density at radius 3 is 2.65 bits per heavy atom. The number of piperidine rings is 1. The molecule has 1 fully saturated rings. The van der Waals surface area contributed by atoms with Crippen LogP contribution >= 0.6 is 0 Å². The van der Waals surface area contributed by atoms with Crippen molar-refractivity contribution in [2.75, 3.05) is 19.6 Å². The van der Waals surface area contributed by atoms with Crippen LogP contribution in [0.4, 0.5) is 0 Å². The van der Waals surface area contributed by atoms with Crippen molar-refractivity contribution in [1.29, 1.82) is 0 Å². The zero-order valence-corrected chi connectivity index (χ0v) is 20.8. The van der Waals surface area contributed by atoms with E-state index in [0.717, 1.165) is 37.2 Å². The van der Waals surface area contributed by atoms with Gasteiger partial charge in [-0.25, -0.2) is 0 Å². The van der Waals surface area contributed by atoms with Crippen molar-refractivity contribution >= 4 is 5.91 Å². The molecule has 0 radical (unpaired) electrons. The first-order valence-corrected chi connectivity index (χ1v) is 12.4. The summed E-state index contributed by atoms with van der Waals surface area (Å²) in [5, 5.41) is 22.9. The third-order valence-corrected chi connectivity index (χ3v) is 7.99. The number of phenols is 2. The predicted octanol–water partition coefficient (Wildman–Crippen LogP) is 3.98. The van der Waals surface area contributed by atoms with Crippen LogP contribution in [0.3, 0.4) is 0 Å². The molecule has 2 aromatic carbocycles. The number of benzene rings is 2. The Kier molecular flexibility index (Phi) is 7.20. The molecule has 2 aliphatic rings. The Hall–Kier alpha value is -2.57. The van der Waals surface area contributed by atoms with Crippen LogP contribution in [0.5, 0.6) is 11.5 Å². The van der Waals surface area contributed by atoms with Gasteiger partial charge in [-0.2, -0.15) is 0 Å². The van der Waals surface area contributed by atoms with Crippen LogP contribution in [0.1, 0.15) is 50.8 Å². The number of phenolic OH excluding ortho intramolecular Hbond substituents is 2. The van der Waals surface area contributed by atoms with Crippen LogP contribution in [0.25, 0.3) is 0 Å². The van der Waals surface area contributed by atoms with E-state index in [0.29, 0.717) is 30.6 Å². The van der Waals surface area contributed by atoms with Gasteiger partial charge in [-0.05, 0) is 71.2 Å². The summed E-state index contributed by atoms with van der Waals surface area (Å²) in [6, 6.07) is 13.0. The summed E-state index contributed by atoms with van der Waals surface area (Å²) in [7, 11) is 0. The van der Waals surface area contributed by atoms with Gasteiger partial charge < -0.3 is 25.2 Å². The zero-order valence-electron chi connectivity index (χ0n) is 20.8. The molecule has 2 aliphatic heterocycles. The number of carbonyl (C=O) groups is 1. The lowest BCUT2D eigenvalue weighted by Crippen LogP contribution is -2.54. The Balaban J connectivity index is 1.36. The number of ether oxygens (including phenoxy) is 1. The molecule has 0 bridgehead atoms. The molecule has 6 heteroatoms. The third kappa shape index (κ3) is 5.23. The molecule has 4 rings (SSSR count). The van der Waals surface area contributed by atoms with Crippen molar-refractivity contribution in [3.8, 4) is 11.5 Å². The third-order valence-electron chi connectivity index (χ3n) is 7.99. The Morgan fingerprint density at radius 1 is 1.18 bits per heavy atom. The van der Waals surface area contributed by atoms with Gasteiger partial charge in [-0.1, -0.05) is 45.9 Å². The number of nitrogens with zero attached hydrogens (tertiary/aromatic N) is 1. The van der Waals surface area contributed by atoms with Crippen LogP contribution in [0.15, 0.2) is 42.5 Å². The number of likely N-dealkylation sites (tertiary alicyclic amines) is 1. The highest BCUT2D eigenvalue weighted by Crippen LogP contribution is 2.40. The first-order chi connectivity index (χ1) is 16.2. The van der Waals surface area contributed by atoms with Crippen molar-refractivity contribution in [3.05, 3.63) is 59.2 Å².